The van der Waals surface area contributed by atoms with Crippen LogP contribution in [0, 0.1) is 7.05 Å². The minimum atomic E-state index is -0.0251. The van der Waals surface area contributed by atoms with E-state index in [9.17, 15) is 4.79 Å². The number of halogens is 1. The summed E-state index contributed by atoms with van der Waals surface area (Å²) in [6.45, 7) is 2.12. The highest BCUT2D eigenvalue weighted by molar-refractivity contribution is 6.31. The van der Waals surface area contributed by atoms with Crippen LogP contribution in [0.1, 0.15) is 12.5 Å². The van der Waals surface area contributed by atoms with Crippen molar-refractivity contribution in [2.75, 3.05) is 6.54 Å². The van der Waals surface area contributed by atoms with Crippen LogP contribution >= 0.6 is 11.6 Å². The van der Waals surface area contributed by atoms with Crippen LogP contribution in [0.3, 0.4) is 0 Å². The number of nitrogens with one attached hydrogen (secondary N) is 1. The van der Waals surface area contributed by atoms with E-state index >= 15 is 0 Å². The molecule has 0 saturated heterocycles. The molecule has 1 amide bonds. The summed E-state index contributed by atoms with van der Waals surface area (Å²) in [5, 5.41) is 1.82. The molecule has 2 aromatic rings. The van der Waals surface area contributed by atoms with E-state index in [2.05, 4.69) is 12.0 Å². The van der Waals surface area contributed by atoms with Crippen LogP contribution < -0.4 is 0 Å². The van der Waals surface area contributed by atoms with Crippen molar-refractivity contribution >= 4 is 28.4 Å². The van der Waals surface area contributed by atoms with Crippen molar-refractivity contribution in [3.8, 4) is 0 Å². The van der Waals surface area contributed by atoms with E-state index in [1.54, 1.807) is 0 Å². The Labute approximate surface area is 105 Å². The van der Waals surface area contributed by atoms with E-state index in [1.807, 2.05) is 24.4 Å². The van der Waals surface area contributed by atoms with Crippen LogP contribution in [0.25, 0.3) is 10.9 Å². The average molecular weight is 250 g/mol. The molecular weight excluding hydrogens is 236 g/mol. The lowest BCUT2D eigenvalue weighted by Gasteiger charge is -2.13. The van der Waals surface area contributed by atoms with Crippen molar-refractivity contribution in [3.05, 3.63) is 42.0 Å². The number of aromatic nitrogens is 1. The number of rotatable bonds is 3. The molecule has 1 aromatic carbocycles. The second-order valence-electron chi connectivity index (χ2n) is 4.04. The third kappa shape index (κ3) is 2.61. The lowest BCUT2D eigenvalue weighted by Crippen LogP contribution is -2.23. The number of amides is 1. The second kappa shape index (κ2) is 4.80. The molecule has 0 aliphatic heterocycles. The Kier molecular flexibility index (Phi) is 3.38. The fraction of sp³-hybridized carbons (Fsp3) is 0.231. The van der Waals surface area contributed by atoms with Gasteiger partial charge < -0.3 is 9.88 Å². The van der Waals surface area contributed by atoms with Crippen molar-refractivity contribution in [3.63, 3.8) is 0 Å². The van der Waals surface area contributed by atoms with Gasteiger partial charge in [0, 0.05) is 42.6 Å². The Morgan fingerprint density at radius 2 is 2.29 bits per heavy atom. The van der Waals surface area contributed by atoms with E-state index in [1.165, 1.54) is 11.8 Å². The predicted molar refractivity (Wildman–Crippen MR) is 69.8 cm³/mol. The SMILES string of the molecule is [CH2]N(CCc1c[nH]c2ccc(Cl)cc12)C(C)=O. The fourth-order valence-corrected chi connectivity index (χ4v) is 1.94. The summed E-state index contributed by atoms with van der Waals surface area (Å²) >= 11 is 5.97. The maximum absolute atomic E-state index is 11.1. The highest BCUT2D eigenvalue weighted by Crippen LogP contribution is 2.22. The molecule has 2 rings (SSSR count). The first kappa shape index (κ1) is 12.0. The van der Waals surface area contributed by atoms with Gasteiger partial charge in [-0.15, -0.1) is 0 Å². The summed E-state index contributed by atoms with van der Waals surface area (Å²) < 4.78 is 0. The van der Waals surface area contributed by atoms with E-state index in [4.69, 9.17) is 11.6 Å². The van der Waals surface area contributed by atoms with Gasteiger partial charge in [0.15, 0.2) is 0 Å². The van der Waals surface area contributed by atoms with E-state index in [0.29, 0.717) is 6.54 Å². The molecule has 89 valence electrons. The molecule has 1 radical (unpaired) electrons. The summed E-state index contributed by atoms with van der Waals surface area (Å²) in [5.41, 5.74) is 2.21. The molecule has 0 aliphatic rings. The Hall–Kier alpha value is -1.48. The highest BCUT2D eigenvalue weighted by Gasteiger charge is 2.07. The molecular formula is C13H14ClN2O. The second-order valence-corrected chi connectivity index (χ2v) is 4.47. The molecule has 17 heavy (non-hydrogen) atoms. The topological polar surface area (TPSA) is 36.1 Å². The molecule has 0 aliphatic carbocycles. The molecule has 0 bridgehead atoms. The molecule has 0 fully saturated rings. The van der Waals surface area contributed by atoms with Crippen LogP contribution in [-0.2, 0) is 11.2 Å². The molecule has 0 unspecified atom stereocenters. The number of H-pyrrole nitrogens is 1. The van der Waals surface area contributed by atoms with Gasteiger partial charge >= 0.3 is 0 Å². The quantitative estimate of drug-likeness (QED) is 0.892. The summed E-state index contributed by atoms with van der Waals surface area (Å²) in [4.78, 5) is 15.7. The summed E-state index contributed by atoms with van der Waals surface area (Å²) in [6, 6.07) is 5.74. The van der Waals surface area contributed by atoms with Crippen molar-refractivity contribution in [2.24, 2.45) is 0 Å². The normalized spacial score (nSPS) is 10.8. The Morgan fingerprint density at radius 1 is 1.53 bits per heavy atom. The predicted octanol–water partition coefficient (Wildman–Crippen LogP) is 3.00. The Balaban J connectivity index is 2.19. The van der Waals surface area contributed by atoms with Gasteiger partial charge in [-0.3, -0.25) is 4.79 Å². The number of carbonyl (C=O) groups is 1. The largest absolute Gasteiger partial charge is 0.361 e. The average Bonchev–Trinajstić information content (AvgIpc) is 2.68. The van der Waals surface area contributed by atoms with Crippen LogP contribution in [0.2, 0.25) is 5.02 Å². The van der Waals surface area contributed by atoms with Gasteiger partial charge in [0.05, 0.1) is 0 Å². The first-order chi connectivity index (χ1) is 8.08. The maximum Gasteiger partial charge on any atom is 0.219 e. The zero-order chi connectivity index (χ0) is 12.4. The smallest absolute Gasteiger partial charge is 0.219 e. The van der Waals surface area contributed by atoms with Gasteiger partial charge in [-0.25, -0.2) is 0 Å². The van der Waals surface area contributed by atoms with Gasteiger partial charge in [-0.1, -0.05) is 11.6 Å². The highest BCUT2D eigenvalue weighted by atomic mass is 35.5. The lowest BCUT2D eigenvalue weighted by molar-refractivity contribution is -0.126. The van der Waals surface area contributed by atoms with Gasteiger partial charge in [0.1, 0.15) is 0 Å². The van der Waals surface area contributed by atoms with Gasteiger partial charge in [-0.05, 0) is 30.2 Å². The third-order valence-electron chi connectivity index (χ3n) is 2.83. The zero-order valence-corrected chi connectivity index (χ0v) is 10.4. The van der Waals surface area contributed by atoms with Crippen molar-refractivity contribution < 1.29 is 4.79 Å². The molecule has 4 heteroatoms. The minimum absolute atomic E-state index is 0.0251. The molecule has 3 nitrogen and oxygen atoms in total. The maximum atomic E-state index is 11.1. The van der Waals surface area contributed by atoms with E-state index in [-0.39, 0.29) is 5.91 Å². The Bertz CT molecular complexity index is 547. The van der Waals surface area contributed by atoms with E-state index < -0.39 is 0 Å². The van der Waals surface area contributed by atoms with Crippen LogP contribution in [0.5, 0.6) is 0 Å². The molecule has 0 atom stereocenters. The zero-order valence-electron chi connectivity index (χ0n) is 9.66. The first-order valence-electron chi connectivity index (χ1n) is 5.42. The third-order valence-corrected chi connectivity index (χ3v) is 3.06. The fourth-order valence-electron chi connectivity index (χ4n) is 1.77. The first-order valence-corrected chi connectivity index (χ1v) is 5.80. The number of nitrogens with zero attached hydrogens (tertiary/aromatic N) is 1. The molecule has 1 heterocycles. The van der Waals surface area contributed by atoms with Crippen molar-refractivity contribution in [2.45, 2.75) is 13.3 Å². The number of hydrogen-bond acceptors (Lipinski definition) is 1. The van der Waals surface area contributed by atoms with Crippen molar-refractivity contribution in [1.29, 1.82) is 0 Å². The number of aromatic amines is 1. The van der Waals surface area contributed by atoms with Crippen molar-refractivity contribution in [1.82, 2.24) is 9.88 Å². The molecule has 1 aromatic heterocycles. The Morgan fingerprint density at radius 3 is 3.00 bits per heavy atom. The molecule has 0 spiro atoms. The number of hydrogen-bond donors (Lipinski definition) is 1. The minimum Gasteiger partial charge on any atom is -0.361 e. The standard InChI is InChI=1S/C13H14ClN2O/c1-9(17)16(2)6-5-10-8-15-13-4-3-11(14)7-12(10)13/h3-4,7-8,15H,2,5-6H2,1H3. The number of fused-ring (bicyclic) bond motifs is 1. The summed E-state index contributed by atoms with van der Waals surface area (Å²) in [7, 11) is 3.68. The molecule has 0 saturated carbocycles. The van der Waals surface area contributed by atoms with Crippen LogP contribution in [-0.4, -0.2) is 22.3 Å². The summed E-state index contributed by atoms with van der Waals surface area (Å²) in [6.07, 6.45) is 2.72. The summed E-state index contributed by atoms with van der Waals surface area (Å²) in [5.74, 6) is -0.0251. The number of carbonyl (C=O) groups excluding carboxylic acids is 1. The van der Waals surface area contributed by atoms with Gasteiger partial charge in [0.2, 0.25) is 5.91 Å². The molecule has 1 N–H and O–H groups in total. The number of benzene rings is 1. The monoisotopic (exact) mass is 249 g/mol. The van der Waals surface area contributed by atoms with Crippen LogP contribution in [0.15, 0.2) is 24.4 Å². The van der Waals surface area contributed by atoms with Crippen LogP contribution in [0.4, 0.5) is 0 Å². The van der Waals surface area contributed by atoms with Gasteiger partial charge in [0.25, 0.3) is 0 Å². The lowest BCUT2D eigenvalue weighted by atomic mass is 10.1. The van der Waals surface area contributed by atoms with Gasteiger partial charge in [-0.2, -0.15) is 0 Å². The van der Waals surface area contributed by atoms with E-state index in [0.717, 1.165) is 27.9 Å².